The predicted octanol–water partition coefficient (Wildman–Crippen LogP) is 2.31. The van der Waals surface area contributed by atoms with Crippen LogP contribution < -0.4 is 0 Å². The second-order valence-electron chi connectivity index (χ2n) is 6.30. The molecule has 3 rings (SSSR count). The van der Waals surface area contributed by atoms with E-state index in [0.29, 0.717) is 24.6 Å². The highest BCUT2D eigenvalue weighted by Crippen LogP contribution is 2.20. The number of amides is 1. The minimum Gasteiger partial charge on any atom is -0.340 e. The summed E-state index contributed by atoms with van der Waals surface area (Å²) in [7, 11) is 0. The zero-order valence-electron chi connectivity index (χ0n) is 14.6. The molecule has 0 N–H and O–H groups in total. The van der Waals surface area contributed by atoms with Crippen LogP contribution in [-0.2, 0) is 11.2 Å². The summed E-state index contributed by atoms with van der Waals surface area (Å²) in [6.07, 6.45) is 2.78. The summed E-state index contributed by atoms with van der Waals surface area (Å²) in [5.74, 6) is 1.24. The fourth-order valence-corrected chi connectivity index (χ4v) is 3.02. The Morgan fingerprint density at radius 3 is 2.76 bits per heavy atom. The van der Waals surface area contributed by atoms with Crippen LogP contribution in [0.2, 0.25) is 0 Å². The summed E-state index contributed by atoms with van der Waals surface area (Å²) in [4.78, 5) is 21.0. The molecule has 1 aliphatic rings. The molecule has 6 heteroatoms. The molecule has 1 amide bonds. The normalized spacial score (nSPS) is 15.3. The Labute approximate surface area is 148 Å². The van der Waals surface area contributed by atoms with Gasteiger partial charge in [0, 0.05) is 51.1 Å². The maximum absolute atomic E-state index is 12.4. The first-order valence-electron chi connectivity index (χ1n) is 8.67. The van der Waals surface area contributed by atoms with E-state index >= 15 is 0 Å². The lowest BCUT2D eigenvalue weighted by atomic mass is 10.1. The monoisotopic (exact) mass is 340 g/mol. The molecule has 2 heterocycles. The summed E-state index contributed by atoms with van der Waals surface area (Å²) < 4.78 is 5.31. The Morgan fingerprint density at radius 2 is 2.04 bits per heavy atom. The Bertz CT molecular complexity index is 733. The van der Waals surface area contributed by atoms with Crippen LogP contribution in [0.1, 0.15) is 17.9 Å². The Kier molecular flexibility index (Phi) is 5.60. The predicted molar refractivity (Wildman–Crippen MR) is 96.0 cm³/mol. The van der Waals surface area contributed by atoms with E-state index in [1.807, 2.05) is 42.2 Å². The number of piperazine rings is 1. The number of aromatic nitrogens is 2. The molecule has 1 fully saturated rings. The molecule has 1 saturated heterocycles. The highest BCUT2D eigenvalue weighted by molar-refractivity contribution is 5.76. The van der Waals surface area contributed by atoms with Gasteiger partial charge in [-0.1, -0.05) is 35.5 Å². The van der Waals surface area contributed by atoms with Crippen molar-refractivity contribution in [3.05, 3.63) is 48.4 Å². The van der Waals surface area contributed by atoms with Crippen LogP contribution in [0.25, 0.3) is 11.4 Å². The van der Waals surface area contributed by atoms with Gasteiger partial charge in [0.1, 0.15) is 0 Å². The lowest BCUT2D eigenvalue weighted by Gasteiger charge is -2.34. The van der Waals surface area contributed by atoms with Crippen LogP contribution in [0.3, 0.4) is 0 Å². The maximum atomic E-state index is 12.4. The molecule has 0 unspecified atom stereocenters. The van der Waals surface area contributed by atoms with E-state index < -0.39 is 0 Å². The summed E-state index contributed by atoms with van der Waals surface area (Å²) in [5, 5.41) is 4.04. The van der Waals surface area contributed by atoms with E-state index in [1.165, 1.54) is 0 Å². The molecule has 1 aromatic heterocycles. The van der Waals surface area contributed by atoms with Crippen molar-refractivity contribution in [2.24, 2.45) is 0 Å². The number of aryl methyl sites for hydroxylation is 2. The van der Waals surface area contributed by atoms with E-state index in [4.69, 9.17) is 4.52 Å². The van der Waals surface area contributed by atoms with Gasteiger partial charge in [0.15, 0.2) is 0 Å². The lowest BCUT2D eigenvalue weighted by Crippen LogP contribution is -2.48. The lowest BCUT2D eigenvalue weighted by molar-refractivity contribution is -0.132. The molecule has 0 radical (unpaired) electrons. The average Bonchev–Trinajstić information content (AvgIpc) is 3.10. The van der Waals surface area contributed by atoms with Gasteiger partial charge in [0.05, 0.1) is 0 Å². The van der Waals surface area contributed by atoms with Gasteiger partial charge in [-0.3, -0.25) is 9.69 Å². The number of carbonyl (C=O) groups excluding carboxylic acids is 1. The van der Waals surface area contributed by atoms with Gasteiger partial charge in [0.25, 0.3) is 0 Å². The summed E-state index contributed by atoms with van der Waals surface area (Å²) in [5.41, 5.74) is 2.06. The van der Waals surface area contributed by atoms with Crippen molar-refractivity contribution in [2.45, 2.75) is 19.8 Å². The van der Waals surface area contributed by atoms with E-state index in [0.717, 1.165) is 43.9 Å². The van der Waals surface area contributed by atoms with E-state index in [9.17, 15) is 4.79 Å². The van der Waals surface area contributed by atoms with Crippen molar-refractivity contribution in [3.63, 3.8) is 0 Å². The highest BCUT2D eigenvalue weighted by atomic mass is 16.5. The first kappa shape index (κ1) is 17.4. The van der Waals surface area contributed by atoms with Crippen LogP contribution >= 0.6 is 0 Å². The third-order valence-electron chi connectivity index (χ3n) is 4.52. The largest absolute Gasteiger partial charge is 0.340 e. The van der Waals surface area contributed by atoms with Gasteiger partial charge < -0.3 is 9.42 Å². The quantitative estimate of drug-likeness (QED) is 0.755. The Morgan fingerprint density at radius 1 is 1.28 bits per heavy atom. The Hall–Kier alpha value is -2.47. The molecule has 0 atom stereocenters. The molecule has 1 aliphatic heterocycles. The van der Waals surface area contributed by atoms with Crippen molar-refractivity contribution in [3.8, 4) is 11.4 Å². The smallest absolute Gasteiger partial charge is 0.227 e. The molecule has 0 bridgehead atoms. The van der Waals surface area contributed by atoms with E-state index in [1.54, 1.807) is 0 Å². The van der Waals surface area contributed by atoms with E-state index in [-0.39, 0.29) is 5.91 Å². The van der Waals surface area contributed by atoms with Gasteiger partial charge in [-0.25, -0.2) is 0 Å². The Balaban J connectivity index is 1.52. The summed E-state index contributed by atoms with van der Waals surface area (Å²) >= 11 is 0. The second-order valence-corrected chi connectivity index (χ2v) is 6.30. The highest BCUT2D eigenvalue weighted by Gasteiger charge is 2.21. The van der Waals surface area contributed by atoms with Crippen molar-refractivity contribution in [1.82, 2.24) is 19.9 Å². The van der Waals surface area contributed by atoms with Crippen molar-refractivity contribution in [2.75, 3.05) is 32.7 Å². The van der Waals surface area contributed by atoms with Crippen molar-refractivity contribution >= 4 is 5.91 Å². The van der Waals surface area contributed by atoms with Gasteiger partial charge >= 0.3 is 0 Å². The minimum atomic E-state index is 0.147. The van der Waals surface area contributed by atoms with Crippen molar-refractivity contribution in [1.29, 1.82) is 0 Å². The summed E-state index contributed by atoms with van der Waals surface area (Å²) in [6, 6.07) is 7.92. The molecule has 25 heavy (non-hydrogen) atoms. The standard InChI is InChI=1S/C19H24N4O2/c1-3-10-22-11-13-23(14-12-22)18(24)9-8-17-20-19(21-25-17)16-7-5-4-6-15(16)2/h3-7H,1,8-14H2,2H3. The molecule has 132 valence electrons. The third kappa shape index (κ3) is 4.33. The zero-order chi connectivity index (χ0) is 17.6. The molecule has 0 saturated carbocycles. The topological polar surface area (TPSA) is 62.5 Å². The average molecular weight is 340 g/mol. The second kappa shape index (κ2) is 8.07. The fraction of sp³-hybridized carbons (Fsp3) is 0.421. The van der Waals surface area contributed by atoms with Gasteiger partial charge in [-0.05, 0) is 12.5 Å². The number of hydrogen-bond acceptors (Lipinski definition) is 5. The molecule has 0 spiro atoms. The fourth-order valence-electron chi connectivity index (χ4n) is 3.02. The van der Waals surface area contributed by atoms with Crippen LogP contribution in [0.4, 0.5) is 0 Å². The zero-order valence-corrected chi connectivity index (χ0v) is 14.6. The number of rotatable bonds is 6. The van der Waals surface area contributed by atoms with Gasteiger partial charge in [-0.2, -0.15) is 4.98 Å². The molecule has 6 nitrogen and oxygen atoms in total. The maximum Gasteiger partial charge on any atom is 0.227 e. The molecule has 1 aromatic carbocycles. The molecular weight excluding hydrogens is 316 g/mol. The SMILES string of the molecule is C=CCN1CCN(C(=O)CCc2nc(-c3ccccc3C)no2)CC1. The van der Waals surface area contributed by atoms with Crippen molar-refractivity contribution < 1.29 is 9.32 Å². The van der Waals surface area contributed by atoms with Gasteiger partial charge in [0.2, 0.25) is 17.6 Å². The first-order valence-corrected chi connectivity index (χ1v) is 8.67. The first-order chi connectivity index (χ1) is 12.2. The molecule has 0 aliphatic carbocycles. The van der Waals surface area contributed by atoms with E-state index in [2.05, 4.69) is 21.6 Å². The van der Waals surface area contributed by atoms with Crippen LogP contribution in [0.5, 0.6) is 0 Å². The number of carbonyl (C=O) groups is 1. The summed E-state index contributed by atoms with van der Waals surface area (Å²) in [6.45, 7) is 9.99. The van der Waals surface area contributed by atoms with Crippen LogP contribution in [-0.4, -0.2) is 58.6 Å². The third-order valence-corrected chi connectivity index (χ3v) is 4.52. The number of nitrogens with zero attached hydrogens (tertiary/aromatic N) is 4. The van der Waals surface area contributed by atoms with Crippen LogP contribution in [0, 0.1) is 6.92 Å². The number of benzene rings is 1. The van der Waals surface area contributed by atoms with Gasteiger partial charge in [-0.15, -0.1) is 6.58 Å². The molecule has 2 aromatic rings. The minimum absolute atomic E-state index is 0.147. The number of hydrogen-bond donors (Lipinski definition) is 0. The van der Waals surface area contributed by atoms with Crippen LogP contribution in [0.15, 0.2) is 41.4 Å². The molecular formula is C19H24N4O2.